The Morgan fingerprint density at radius 2 is 1.85 bits per heavy atom. The number of amides is 4. The van der Waals surface area contributed by atoms with Gasteiger partial charge in [-0.15, -0.1) is 6.58 Å². The molecule has 300 valence electrons. The van der Waals surface area contributed by atoms with Gasteiger partial charge in [0.05, 0.1) is 25.2 Å². The first-order valence-electron chi connectivity index (χ1n) is 18.7. The van der Waals surface area contributed by atoms with E-state index in [-0.39, 0.29) is 31.7 Å². The number of hydrogen-bond donors (Lipinski definition) is 3. The second-order valence-electron chi connectivity index (χ2n) is 14.9. The molecule has 15 heteroatoms. The van der Waals surface area contributed by atoms with Gasteiger partial charge in [0.15, 0.2) is 0 Å². The molecule has 4 atom stereocenters. The number of nitrogens with zero attached hydrogens (tertiary/aromatic N) is 2. The Balaban J connectivity index is 1.99. The van der Waals surface area contributed by atoms with E-state index in [0.29, 0.717) is 30.4 Å². The number of rotatable bonds is 20. The Bertz CT molecular complexity index is 1660. The molecule has 1 aliphatic carbocycles. The number of hydrogen-bond acceptors (Lipinski definition) is 10. The molecule has 3 N–H and O–H groups in total. The lowest BCUT2D eigenvalue weighted by atomic mass is 9.90. The molecular weight excluding hydrogens is 715 g/mol. The molecule has 1 aromatic heterocycles. The fourth-order valence-corrected chi connectivity index (χ4v) is 8.06. The number of nitrogens with one attached hydrogen (secondary N) is 3. The first-order chi connectivity index (χ1) is 25.5. The maximum atomic E-state index is 14.5. The zero-order valence-corrected chi connectivity index (χ0v) is 33.6. The van der Waals surface area contributed by atoms with Gasteiger partial charge in [-0.2, -0.15) is 0 Å². The van der Waals surface area contributed by atoms with Crippen molar-refractivity contribution < 1.29 is 41.8 Å². The molecule has 54 heavy (non-hydrogen) atoms. The Labute approximate surface area is 320 Å². The predicted molar refractivity (Wildman–Crippen MR) is 207 cm³/mol. The summed E-state index contributed by atoms with van der Waals surface area (Å²) < 4.78 is 45.3. The highest BCUT2D eigenvalue weighted by molar-refractivity contribution is 7.90. The highest BCUT2D eigenvalue weighted by atomic mass is 32.2. The molecule has 1 aromatic rings. The van der Waals surface area contributed by atoms with E-state index >= 15 is 0 Å². The summed E-state index contributed by atoms with van der Waals surface area (Å²) in [7, 11) is -2.46. The summed E-state index contributed by atoms with van der Waals surface area (Å²) in [6.45, 7) is 18.4. The minimum Gasteiger partial charge on any atom is -0.504 e. The number of unbranched alkanes of at least 4 members (excludes halogenated alkanes) is 1. The van der Waals surface area contributed by atoms with Crippen LogP contribution in [0.4, 0.5) is 4.79 Å². The lowest BCUT2D eigenvalue weighted by Crippen LogP contribution is -2.63. The standard InChI is InChI=1S/C39H59N5O9S/c1-10-14-21-38(7,8)53-37(48)41-32(26(5)6)35(46)44-25-28(52-34-30(12-3)27(18-22-40-34)19-23-51-9)24-31(44)33(45)42-39(13-4,20-11-2)36(47)43-54(49,50)29-16-15-17-29/h11-12,18-19,22-23,26,28-29,31-32H,2-3,10,13-17,20-21,24-25H2,1,4-9H3,(H,41,48)(H,42,45)(H,43,47)/b23-19+/t28-,31+,32+,39-/m1/s1. The summed E-state index contributed by atoms with van der Waals surface area (Å²) in [6, 6.07) is -0.516. The van der Waals surface area contributed by atoms with Crippen molar-refractivity contribution in [2.24, 2.45) is 5.92 Å². The summed E-state index contributed by atoms with van der Waals surface area (Å²) in [6.07, 6.45) is 10.2. The number of sulfonamides is 1. The van der Waals surface area contributed by atoms with E-state index in [2.05, 4.69) is 33.5 Å². The number of carbonyl (C=O) groups excluding carboxylic acids is 4. The summed E-state index contributed by atoms with van der Waals surface area (Å²) >= 11 is 0. The average Bonchev–Trinajstić information content (AvgIpc) is 3.50. The van der Waals surface area contributed by atoms with Crippen LogP contribution >= 0.6 is 0 Å². The Kier molecular flexibility index (Phi) is 15.7. The van der Waals surface area contributed by atoms with Gasteiger partial charge in [0.2, 0.25) is 27.7 Å². The Morgan fingerprint density at radius 1 is 1.15 bits per heavy atom. The van der Waals surface area contributed by atoms with E-state index in [1.54, 1.807) is 59.0 Å². The normalized spacial score (nSPS) is 19.3. The highest BCUT2D eigenvalue weighted by Gasteiger charge is 2.48. The van der Waals surface area contributed by atoms with E-state index in [0.717, 1.165) is 19.3 Å². The molecule has 1 aliphatic heterocycles. The van der Waals surface area contributed by atoms with Crippen molar-refractivity contribution in [2.75, 3.05) is 13.7 Å². The SMILES string of the molecule is C=CC[C@@](CC)(NC(=O)[C@@H]1C[C@@H](Oc2nccc(/C=C/OC)c2C=C)CN1C(=O)[C@@H](NC(=O)OC(C)(C)CCCC)C(C)C)C(=O)NS(=O)(=O)C1CCC1. The molecule has 0 radical (unpaired) electrons. The number of likely N-dealkylation sites (tertiary alicyclic amines) is 1. The van der Waals surface area contributed by atoms with Gasteiger partial charge in [0, 0.05) is 18.2 Å². The van der Waals surface area contributed by atoms with Crippen LogP contribution in [0.15, 0.2) is 37.8 Å². The first-order valence-corrected chi connectivity index (χ1v) is 20.3. The number of pyridine rings is 1. The summed E-state index contributed by atoms with van der Waals surface area (Å²) in [5.41, 5.74) is -1.19. The molecule has 2 heterocycles. The van der Waals surface area contributed by atoms with Gasteiger partial charge in [-0.1, -0.05) is 59.3 Å². The average molecular weight is 774 g/mol. The topological polar surface area (TPSA) is 182 Å². The zero-order valence-electron chi connectivity index (χ0n) is 32.8. The highest BCUT2D eigenvalue weighted by Crippen LogP contribution is 2.31. The van der Waals surface area contributed by atoms with Crippen LogP contribution in [0.1, 0.15) is 110 Å². The zero-order chi connectivity index (χ0) is 40.3. The molecule has 0 unspecified atom stereocenters. The first kappa shape index (κ1) is 44.0. The molecule has 0 bridgehead atoms. The number of ether oxygens (including phenoxy) is 3. The summed E-state index contributed by atoms with van der Waals surface area (Å²) in [5.74, 6) is -2.34. The molecule has 2 fully saturated rings. The van der Waals surface area contributed by atoms with Crippen molar-refractivity contribution in [1.82, 2.24) is 25.2 Å². The third-order valence-corrected chi connectivity index (χ3v) is 11.8. The molecule has 14 nitrogen and oxygen atoms in total. The minimum absolute atomic E-state index is 0.0108. The van der Waals surface area contributed by atoms with Gasteiger partial charge in [-0.05, 0) is 76.0 Å². The number of alkyl carbamates (subject to hydrolysis) is 1. The van der Waals surface area contributed by atoms with Crippen molar-refractivity contribution in [2.45, 2.75) is 134 Å². The predicted octanol–water partition coefficient (Wildman–Crippen LogP) is 5.25. The largest absolute Gasteiger partial charge is 0.504 e. The van der Waals surface area contributed by atoms with Crippen LogP contribution in [-0.4, -0.2) is 90.3 Å². The summed E-state index contributed by atoms with van der Waals surface area (Å²) in [5, 5.41) is 4.85. The smallest absolute Gasteiger partial charge is 0.408 e. The van der Waals surface area contributed by atoms with Crippen molar-refractivity contribution >= 4 is 46.0 Å². The molecule has 0 aromatic carbocycles. The van der Waals surface area contributed by atoms with Crippen molar-refractivity contribution in [3.8, 4) is 5.88 Å². The molecule has 1 saturated carbocycles. The second kappa shape index (κ2) is 19.3. The van der Waals surface area contributed by atoms with Crippen LogP contribution in [0.5, 0.6) is 5.88 Å². The number of aromatic nitrogens is 1. The van der Waals surface area contributed by atoms with Crippen LogP contribution in [0.3, 0.4) is 0 Å². The van der Waals surface area contributed by atoms with Crippen LogP contribution < -0.4 is 20.1 Å². The monoisotopic (exact) mass is 773 g/mol. The van der Waals surface area contributed by atoms with Gasteiger partial charge in [0.25, 0.3) is 5.91 Å². The van der Waals surface area contributed by atoms with E-state index in [9.17, 15) is 27.6 Å². The van der Waals surface area contributed by atoms with Crippen LogP contribution in [0.2, 0.25) is 0 Å². The minimum atomic E-state index is -3.97. The van der Waals surface area contributed by atoms with Gasteiger partial charge in [0.1, 0.15) is 29.3 Å². The van der Waals surface area contributed by atoms with Gasteiger partial charge in [-0.3, -0.25) is 19.1 Å². The van der Waals surface area contributed by atoms with Gasteiger partial charge < -0.3 is 29.7 Å². The van der Waals surface area contributed by atoms with Gasteiger partial charge in [-0.25, -0.2) is 18.2 Å². The van der Waals surface area contributed by atoms with E-state index < -0.39 is 74.3 Å². The molecule has 0 spiro atoms. The molecule has 3 rings (SSSR count). The lowest BCUT2D eigenvalue weighted by molar-refractivity contribution is -0.142. The molecule has 4 amide bonds. The van der Waals surface area contributed by atoms with E-state index in [1.807, 2.05) is 6.92 Å². The Hall–Kier alpha value is -4.40. The van der Waals surface area contributed by atoms with Crippen LogP contribution in [0.25, 0.3) is 12.2 Å². The third-order valence-electron chi connectivity index (χ3n) is 10.0. The fourth-order valence-electron chi connectivity index (χ4n) is 6.49. The summed E-state index contributed by atoms with van der Waals surface area (Å²) in [4.78, 5) is 61.5. The van der Waals surface area contributed by atoms with Crippen LogP contribution in [-0.2, 0) is 33.9 Å². The second-order valence-corrected chi connectivity index (χ2v) is 16.9. The molecular formula is C39H59N5O9S. The van der Waals surface area contributed by atoms with E-state index in [4.69, 9.17) is 14.2 Å². The number of carbonyl (C=O) groups is 4. The maximum Gasteiger partial charge on any atom is 0.408 e. The number of methoxy groups -OCH3 is 1. The Morgan fingerprint density at radius 3 is 2.41 bits per heavy atom. The lowest BCUT2D eigenvalue weighted by Gasteiger charge is -2.36. The fraction of sp³-hybridized carbons (Fsp3) is 0.615. The van der Waals surface area contributed by atoms with Crippen LogP contribution in [0, 0.1) is 5.92 Å². The molecule has 2 aliphatic rings. The van der Waals surface area contributed by atoms with Crippen molar-refractivity contribution in [3.05, 3.63) is 48.9 Å². The van der Waals surface area contributed by atoms with Gasteiger partial charge >= 0.3 is 6.09 Å². The van der Waals surface area contributed by atoms with E-state index in [1.165, 1.54) is 24.3 Å². The van der Waals surface area contributed by atoms with Crippen molar-refractivity contribution in [3.63, 3.8) is 0 Å². The quantitative estimate of drug-likeness (QED) is 0.117. The third kappa shape index (κ3) is 11.1. The maximum absolute atomic E-state index is 14.5. The van der Waals surface area contributed by atoms with Crippen molar-refractivity contribution in [1.29, 1.82) is 0 Å². The molecule has 1 saturated heterocycles.